The summed E-state index contributed by atoms with van der Waals surface area (Å²) in [5, 5.41) is 0. The van der Waals surface area contributed by atoms with Gasteiger partial charge in [-0.05, 0) is 13.8 Å². The van der Waals surface area contributed by atoms with E-state index in [1.54, 1.807) is 13.8 Å². The van der Waals surface area contributed by atoms with Crippen LogP contribution in [-0.2, 0) is 36.1 Å². The van der Waals surface area contributed by atoms with Gasteiger partial charge in [-0.1, -0.05) is 0 Å². The topological polar surface area (TPSA) is 52.6 Å². The summed E-state index contributed by atoms with van der Waals surface area (Å²) in [6, 6.07) is 0. The number of ether oxygens (including phenoxy) is 2. The minimum Gasteiger partial charge on any atom is -0.463 e. The van der Waals surface area contributed by atoms with Crippen molar-refractivity contribution in [3.8, 4) is 0 Å². The van der Waals surface area contributed by atoms with E-state index >= 15 is 0 Å². The standard InChI is InChI=1S/C8H12O4.Cu/c1-3-11-7(9)5-6-8(10)12-4-2;/h5-6H,3-4H2,1-2H3;. The molecule has 0 spiro atoms. The minimum absolute atomic E-state index is 0. The zero-order chi connectivity index (χ0) is 9.40. The Morgan fingerprint density at radius 3 is 1.54 bits per heavy atom. The second-order valence-corrected chi connectivity index (χ2v) is 1.84. The van der Waals surface area contributed by atoms with Gasteiger partial charge in [0.15, 0.2) is 0 Å². The molecule has 0 atom stereocenters. The minimum atomic E-state index is -0.537. The molecule has 0 aliphatic heterocycles. The van der Waals surface area contributed by atoms with Gasteiger partial charge in [0.25, 0.3) is 0 Å². The van der Waals surface area contributed by atoms with Crippen molar-refractivity contribution in [2.45, 2.75) is 13.8 Å². The molecule has 0 fully saturated rings. The molecule has 79 valence electrons. The molecule has 0 rings (SSSR count). The van der Waals surface area contributed by atoms with Crippen molar-refractivity contribution in [3.05, 3.63) is 12.2 Å². The van der Waals surface area contributed by atoms with Crippen molar-refractivity contribution >= 4 is 11.9 Å². The number of hydrogen-bond acceptors (Lipinski definition) is 4. The maximum absolute atomic E-state index is 10.6. The van der Waals surface area contributed by atoms with Gasteiger partial charge in [0, 0.05) is 29.2 Å². The Labute approximate surface area is 87.7 Å². The summed E-state index contributed by atoms with van der Waals surface area (Å²) in [6.45, 7) is 3.98. The molecule has 0 unspecified atom stereocenters. The van der Waals surface area contributed by atoms with Gasteiger partial charge in [0.1, 0.15) is 0 Å². The van der Waals surface area contributed by atoms with Crippen LogP contribution in [0, 0.1) is 0 Å². The van der Waals surface area contributed by atoms with Crippen LogP contribution in [0.4, 0.5) is 0 Å². The fraction of sp³-hybridized carbons (Fsp3) is 0.500. The van der Waals surface area contributed by atoms with Gasteiger partial charge in [-0.25, -0.2) is 9.59 Å². The monoisotopic (exact) mass is 235 g/mol. The molecule has 0 aliphatic rings. The SMILES string of the molecule is CCOC(=O)C=CC(=O)OCC.[Cu]. The summed E-state index contributed by atoms with van der Waals surface area (Å²) in [5.41, 5.74) is 0. The van der Waals surface area contributed by atoms with Crippen LogP contribution in [-0.4, -0.2) is 25.2 Å². The molecule has 0 amide bonds. The van der Waals surface area contributed by atoms with Crippen LogP contribution in [0.15, 0.2) is 12.2 Å². The molecule has 0 aromatic rings. The van der Waals surface area contributed by atoms with E-state index in [1.807, 2.05) is 0 Å². The van der Waals surface area contributed by atoms with E-state index in [1.165, 1.54) is 0 Å². The molecular formula is C8H12CuO4. The molecule has 5 heteroatoms. The number of esters is 2. The van der Waals surface area contributed by atoms with Crippen molar-refractivity contribution in [3.63, 3.8) is 0 Å². The van der Waals surface area contributed by atoms with Crippen LogP contribution >= 0.6 is 0 Å². The summed E-state index contributed by atoms with van der Waals surface area (Å²) in [5.74, 6) is -1.07. The molecule has 0 aromatic heterocycles. The zero-order valence-corrected chi connectivity index (χ0v) is 8.45. The van der Waals surface area contributed by atoms with Crippen LogP contribution in [0.25, 0.3) is 0 Å². The Balaban J connectivity index is 0. The quantitative estimate of drug-likeness (QED) is 0.408. The van der Waals surface area contributed by atoms with E-state index in [0.29, 0.717) is 13.2 Å². The maximum atomic E-state index is 10.6. The first-order valence-electron chi connectivity index (χ1n) is 3.72. The number of rotatable bonds is 4. The van der Waals surface area contributed by atoms with Gasteiger partial charge in [0.05, 0.1) is 13.2 Å². The fourth-order valence-electron chi connectivity index (χ4n) is 0.517. The first-order valence-corrected chi connectivity index (χ1v) is 3.72. The van der Waals surface area contributed by atoms with E-state index in [2.05, 4.69) is 9.47 Å². The van der Waals surface area contributed by atoms with Crippen LogP contribution in [0.1, 0.15) is 13.8 Å². The predicted octanol–water partition coefficient (Wildman–Crippen LogP) is 0.666. The first kappa shape index (κ1) is 14.7. The Kier molecular flexibility index (Phi) is 10.5. The maximum Gasteiger partial charge on any atom is 0.330 e. The molecule has 0 aromatic carbocycles. The van der Waals surface area contributed by atoms with Crippen molar-refractivity contribution in [1.29, 1.82) is 0 Å². The number of hydrogen-bond donors (Lipinski definition) is 0. The van der Waals surface area contributed by atoms with Gasteiger partial charge < -0.3 is 9.47 Å². The summed E-state index contributed by atoms with van der Waals surface area (Å²) in [6.07, 6.45) is 2.09. The Hall–Kier alpha value is -0.801. The molecule has 0 saturated heterocycles. The van der Waals surface area contributed by atoms with E-state index in [-0.39, 0.29) is 17.1 Å². The van der Waals surface area contributed by atoms with E-state index in [9.17, 15) is 9.59 Å². The van der Waals surface area contributed by atoms with Gasteiger partial charge >= 0.3 is 11.9 Å². The van der Waals surface area contributed by atoms with Crippen LogP contribution in [0.5, 0.6) is 0 Å². The molecule has 0 saturated carbocycles. The summed E-state index contributed by atoms with van der Waals surface area (Å²) in [7, 11) is 0. The van der Waals surface area contributed by atoms with Gasteiger partial charge in [-0.15, -0.1) is 0 Å². The van der Waals surface area contributed by atoms with Crippen molar-refractivity contribution < 1.29 is 36.1 Å². The van der Waals surface area contributed by atoms with Crippen molar-refractivity contribution in [2.24, 2.45) is 0 Å². The van der Waals surface area contributed by atoms with Crippen LogP contribution in [0.2, 0.25) is 0 Å². The summed E-state index contributed by atoms with van der Waals surface area (Å²) < 4.78 is 9.07. The Bertz CT molecular complexity index is 169. The first-order chi connectivity index (χ1) is 5.70. The second-order valence-electron chi connectivity index (χ2n) is 1.84. The third-order valence-electron chi connectivity index (χ3n) is 0.929. The molecule has 0 aliphatic carbocycles. The third kappa shape index (κ3) is 9.11. The molecule has 0 heterocycles. The van der Waals surface area contributed by atoms with Crippen LogP contribution in [0.3, 0.4) is 0 Å². The van der Waals surface area contributed by atoms with Crippen LogP contribution < -0.4 is 0 Å². The van der Waals surface area contributed by atoms with Gasteiger partial charge in [0.2, 0.25) is 0 Å². The smallest absolute Gasteiger partial charge is 0.330 e. The predicted molar refractivity (Wildman–Crippen MR) is 42.4 cm³/mol. The normalized spacial score (nSPS) is 9.08. The molecule has 1 radical (unpaired) electrons. The average Bonchev–Trinajstić information content (AvgIpc) is 2.02. The van der Waals surface area contributed by atoms with Crippen molar-refractivity contribution in [1.82, 2.24) is 0 Å². The average molecular weight is 236 g/mol. The Morgan fingerprint density at radius 1 is 1.00 bits per heavy atom. The second kappa shape index (κ2) is 9.29. The summed E-state index contributed by atoms with van der Waals surface area (Å²) in [4.78, 5) is 21.3. The molecule has 4 nitrogen and oxygen atoms in total. The largest absolute Gasteiger partial charge is 0.463 e. The van der Waals surface area contributed by atoms with E-state index < -0.39 is 11.9 Å². The summed E-state index contributed by atoms with van der Waals surface area (Å²) >= 11 is 0. The zero-order valence-electron chi connectivity index (χ0n) is 7.50. The van der Waals surface area contributed by atoms with Gasteiger partial charge in [-0.3, -0.25) is 0 Å². The third-order valence-corrected chi connectivity index (χ3v) is 0.929. The molecular weight excluding hydrogens is 224 g/mol. The number of carbonyl (C=O) groups excluding carboxylic acids is 2. The molecule has 13 heavy (non-hydrogen) atoms. The number of carbonyl (C=O) groups is 2. The van der Waals surface area contributed by atoms with Crippen molar-refractivity contribution in [2.75, 3.05) is 13.2 Å². The van der Waals surface area contributed by atoms with E-state index in [4.69, 9.17) is 0 Å². The fourth-order valence-corrected chi connectivity index (χ4v) is 0.517. The molecule has 0 bridgehead atoms. The van der Waals surface area contributed by atoms with Gasteiger partial charge in [-0.2, -0.15) is 0 Å². The Morgan fingerprint density at radius 2 is 1.31 bits per heavy atom. The van der Waals surface area contributed by atoms with E-state index in [0.717, 1.165) is 12.2 Å². The molecule has 0 N–H and O–H groups in total.